The average Bonchev–Trinajstić information content (AvgIpc) is 1.93. The van der Waals surface area contributed by atoms with Gasteiger partial charge in [0.05, 0.1) is 12.6 Å². The zero-order chi connectivity index (χ0) is 8.27. The monoisotopic (exact) mass is 154 g/mol. The van der Waals surface area contributed by atoms with Gasteiger partial charge in [-0.05, 0) is 13.0 Å². The number of hydrogen-bond donors (Lipinski definition) is 1. The Morgan fingerprint density at radius 2 is 2.55 bits per heavy atom. The van der Waals surface area contributed by atoms with Gasteiger partial charge in [0, 0.05) is 12.3 Å². The molecule has 1 N–H and O–H groups in total. The van der Waals surface area contributed by atoms with E-state index < -0.39 is 6.10 Å². The molecular weight excluding hydrogens is 144 g/mol. The van der Waals surface area contributed by atoms with Gasteiger partial charge < -0.3 is 5.11 Å². The number of hydrogen-bond acceptors (Lipinski definition) is 3. The zero-order valence-electron chi connectivity index (χ0n) is 6.27. The van der Waals surface area contributed by atoms with Crippen molar-refractivity contribution < 1.29 is 5.11 Å². The molecule has 0 saturated heterocycles. The second-order valence-electron chi connectivity index (χ2n) is 2.39. The summed E-state index contributed by atoms with van der Waals surface area (Å²) in [5.41, 5.74) is -0.187. The van der Waals surface area contributed by atoms with Crippen LogP contribution in [-0.4, -0.2) is 21.0 Å². The van der Waals surface area contributed by atoms with Gasteiger partial charge in [-0.25, -0.2) is 4.68 Å². The molecule has 60 valence electrons. The van der Waals surface area contributed by atoms with Crippen LogP contribution in [0.25, 0.3) is 0 Å². The highest BCUT2D eigenvalue weighted by molar-refractivity contribution is 4.84. The maximum Gasteiger partial charge on any atom is 0.266 e. The van der Waals surface area contributed by atoms with Crippen molar-refractivity contribution in [3.8, 4) is 0 Å². The van der Waals surface area contributed by atoms with Crippen LogP contribution in [0.3, 0.4) is 0 Å². The number of rotatable bonds is 2. The highest BCUT2D eigenvalue weighted by atomic mass is 16.3. The second-order valence-corrected chi connectivity index (χ2v) is 2.39. The van der Waals surface area contributed by atoms with Crippen molar-refractivity contribution >= 4 is 0 Å². The normalized spacial score (nSPS) is 12.9. The Bertz CT molecular complexity index is 280. The molecule has 4 nitrogen and oxygen atoms in total. The minimum Gasteiger partial charge on any atom is -0.391 e. The summed E-state index contributed by atoms with van der Waals surface area (Å²) < 4.78 is 1.23. The second kappa shape index (κ2) is 3.30. The van der Waals surface area contributed by atoms with E-state index in [9.17, 15) is 4.79 Å². The summed E-state index contributed by atoms with van der Waals surface area (Å²) in [4.78, 5) is 10.9. The summed E-state index contributed by atoms with van der Waals surface area (Å²) in [6.07, 6.45) is 0.978. The molecule has 0 aliphatic heterocycles. The number of aliphatic hydroxyl groups is 1. The lowest BCUT2D eigenvalue weighted by atomic mass is 10.4. The van der Waals surface area contributed by atoms with Gasteiger partial charge in [0.15, 0.2) is 0 Å². The molecule has 1 atom stereocenters. The van der Waals surface area contributed by atoms with Crippen LogP contribution in [-0.2, 0) is 6.54 Å². The molecule has 0 aliphatic rings. The Balaban J connectivity index is 2.87. The van der Waals surface area contributed by atoms with Crippen LogP contribution in [0, 0.1) is 0 Å². The number of aliphatic hydroxyl groups excluding tert-OH is 1. The molecule has 0 aromatic carbocycles. The molecule has 11 heavy (non-hydrogen) atoms. The molecule has 0 saturated carbocycles. The molecule has 0 bridgehead atoms. The van der Waals surface area contributed by atoms with Crippen LogP contribution in [0.5, 0.6) is 0 Å². The van der Waals surface area contributed by atoms with Crippen LogP contribution in [0.1, 0.15) is 6.92 Å². The van der Waals surface area contributed by atoms with E-state index in [-0.39, 0.29) is 12.1 Å². The summed E-state index contributed by atoms with van der Waals surface area (Å²) in [6.45, 7) is 1.86. The molecule has 0 amide bonds. The number of aromatic nitrogens is 2. The van der Waals surface area contributed by atoms with Gasteiger partial charge in [0.2, 0.25) is 0 Å². The van der Waals surface area contributed by atoms with Crippen molar-refractivity contribution in [2.45, 2.75) is 19.6 Å². The summed E-state index contributed by atoms with van der Waals surface area (Å²) in [5.74, 6) is 0. The molecule has 1 unspecified atom stereocenters. The maximum atomic E-state index is 10.9. The van der Waals surface area contributed by atoms with Crippen LogP contribution < -0.4 is 5.56 Å². The van der Waals surface area contributed by atoms with E-state index in [0.29, 0.717) is 0 Å². The molecule has 0 aliphatic carbocycles. The van der Waals surface area contributed by atoms with Crippen LogP contribution in [0.4, 0.5) is 0 Å². The summed E-state index contributed by atoms with van der Waals surface area (Å²) in [5, 5.41) is 12.7. The van der Waals surface area contributed by atoms with Crippen molar-refractivity contribution in [2.24, 2.45) is 0 Å². The molecule has 0 radical (unpaired) electrons. The maximum absolute atomic E-state index is 10.9. The Morgan fingerprint density at radius 1 is 1.82 bits per heavy atom. The fourth-order valence-corrected chi connectivity index (χ4v) is 0.775. The average molecular weight is 154 g/mol. The molecule has 1 aromatic rings. The number of nitrogens with zero attached hydrogens (tertiary/aromatic N) is 2. The first-order valence-electron chi connectivity index (χ1n) is 3.40. The fraction of sp³-hybridized carbons (Fsp3) is 0.429. The summed E-state index contributed by atoms with van der Waals surface area (Å²) in [7, 11) is 0. The van der Waals surface area contributed by atoms with E-state index in [4.69, 9.17) is 5.11 Å². The van der Waals surface area contributed by atoms with Gasteiger partial charge in [0.25, 0.3) is 5.56 Å². The fourth-order valence-electron chi connectivity index (χ4n) is 0.775. The molecule has 0 spiro atoms. The lowest BCUT2D eigenvalue weighted by Crippen LogP contribution is -2.26. The van der Waals surface area contributed by atoms with E-state index in [1.165, 1.54) is 16.9 Å². The third-order valence-corrected chi connectivity index (χ3v) is 1.22. The van der Waals surface area contributed by atoms with E-state index >= 15 is 0 Å². The Kier molecular flexibility index (Phi) is 2.38. The first-order valence-corrected chi connectivity index (χ1v) is 3.40. The van der Waals surface area contributed by atoms with Crippen molar-refractivity contribution in [3.63, 3.8) is 0 Å². The van der Waals surface area contributed by atoms with Crippen LogP contribution in [0.15, 0.2) is 23.1 Å². The van der Waals surface area contributed by atoms with Gasteiger partial charge in [-0.2, -0.15) is 5.10 Å². The van der Waals surface area contributed by atoms with E-state index in [1.54, 1.807) is 13.0 Å². The molecule has 1 heterocycles. The van der Waals surface area contributed by atoms with Gasteiger partial charge >= 0.3 is 0 Å². The minimum absolute atomic E-state index is 0.187. The summed E-state index contributed by atoms with van der Waals surface area (Å²) >= 11 is 0. The van der Waals surface area contributed by atoms with E-state index in [0.717, 1.165) is 0 Å². The molecule has 4 heteroatoms. The highest BCUT2D eigenvalue weighted by Crippen LogP contribution is 1.82. The Hall–Kier alpha value is -1.16. The quantitative estimate of drug-likeness (QED) is 0.632. The van der Waals surface area contributed by atoms with Crippen molar-refractivity contribution in [1.29, 1.82) is 0 Å². The largest absolute Gasteiger partial charge is 0.391 e. The smallest absolute Gasteiger partial charge is 0.266 e. The van der Waals surface area contributed by atoms with Crippen molar-refractivity contribution in [1.82, 2.24) is 9.78 Å². The van der Waals surface area contributed by atoms with Crippen molar-refractivity contribution in [2.75, 3.05) is 0 Å². The molecule has 0 fully saturated rings. The van der Waals surface area contributed by atoms with Crippen molar-refractivity contribution in [3.05, 3.63) is 28.7 Å². The topological polar surface area (TPSA) is 55.1 Å². The third-order valence-electron chi connectivity index (χ3n) is 1.22. The first kappa shape index (κ1) is 7.94. The lowest BCUT2D eigenvalue weighted by molar-refractivity contribution is 0.166. The lowest BCUT2D eigenvalue weighted by Gasteiger charge is -2.04. The van der Waals surface area contributed by atoms with Gasteiger partial charge in [-0.1, -0.05) is 0 Å². The predicted molar refractivity (Wildman–Crippen MR) is 40.2 cm³/mol. The molecule has 1 aromatic heterocycles. The Morgan fingerprint density at radius 3 is 3.09 bits per heavy atom. The molecular formula is C7H10N2O2. The Labute approximate surface area is 64.1 Å². The van der Waals surface area contributed by atoms with Gasteiger partial charge in [0.1, 0.15) is 0 Å². The zero-order valence-corrected chi connectivity index (χ0v) is 6.27. The highest BCUT2D eigenvalue weighted by Gasteiger charge is 1.98. The van der Waals surface area contributed by atoms with Crippen LogP contribution in [0.2, 0.25) is 0 Å². The minimum atomic E-state index is -0.539. The predicted octanol–water partition coefficient (Wildman–Crippen LogP) is -0.376. The van der Waals surface area contributed by atoms with Crippen LogP contribution >= 0.6 is 0 Å². The van der Waals surface area contributed by atoms with Gasteiger partial charge in [-0.15, -0.1) is 0 Å². The third kappa shape index (κ3) is 2.16. The van der Waals surface area contributed by atoms with E-state index in [2.05, 4.69) is 5.10 Å². The van der Waals surface area contributed by atoms with Gasteiger partial charge in [-0.3, -0.25) is 4.79 Å². The standard InChI is InChI=1S/C7H10N2O2/c1-6(10)5-9-7(11)3-2-4-8-9/h2-4,6,10H,5H2,1H3. The summed E-state index contributed by atoms with van der Waals surface area (Å²) in [6, 6.07) is 2.98. The SMILES string of the molecule is CC(O)Cn1ncccc1=O. The van der Waals surface area contributed by atoms with E-state index in [1.807, 2.05) is 0 Å². The first-order chi connectivity index (χ1) is 5.20. The molecule has 1 rings (SSSR count).